The fourth-order valence-electron chi connectivity index (χ4n) is 4.42. The van der Waals surface area contributed by atoms with Gasteiger partial charge in [0.15, 0.2) is 0 Å². The molecular formula is C27H31N5O3. The molecule has 4 heterocycles. The van der Waals surface area contributed by atoms with Crippen LogP contribution >= 0.6 is 0 Å². The quantitative estimate of drug-likeness (QED) is 0.408. The molecule has 8 heteroatoms. The number of amides is 1. The lowest BCUT2D eigenvalue weighted by Crippen LogP contribution is -2.40. The third-order valence-electron chi connectivity index (χ3n) is 6.40. The molecule has 1 saturated carbocycles. The van der Waals surface area contributed by atoms with Crippen LogP contribution in [0.2, 0.25) is 0 Å². The Morgan fingerprint density at radius 1 is 1.17 bits per heavy atom. The number of nitrogens with zero attached hydrogens (tertiary/aromatic N) is 5. The molecule has 0 saturated heterocycles. The number of hydrogen-bond donors (Lipinski definition) is 0. The molecule has 0 unspecified atom stereocenters. The van der Waals surface area contributed by atoms with Gasteiger partial charge in [0, 0.05) is 37.5 Å². The zero-order chi connectivity index (χ0) is 24.6. The topological polar surface area (TPSA) is 81.7 Å². The van der Waals surface area contributed by atoms with Gasteiger partial charge in [0.1, 0.15) is 11.2 Å². The summed E-state index contributed by atoms with van der Waals surface area (Å²) in [5.74, 6) is 0.543. The Balaban J connectivity index is 1.36. The fraction of sp³-hybridized carbons (Fsp3) is 0.407. The predicted octanol–water partition coefficient (Wildman–Crippen LogP) is 4.63. The monoisotopic (exact) mass is 473 g/mol. The van der Waals surface area contributed by atoms with E-state index in [1.807, 2.05) is 66.7 Å². The molecule has 8 nitrogen and oxygen atoms in total. The Morgan fingerprint density at radius 2 is 2.00 bits per heavy atom. The minimum Gasteiger partial charge on any atom is -0.444 e. The standard InChI is InChI=1S/C27H31N5O3/c1-27(2,3)35-26(34)32(14-19-5-4-6-19)16-20-7-8-24-29-22(18-31(24)15-20)17-30-12-10-21-9-11-28-13-23(21)25(30)33/h7-13,15,18-19H,4-6,14,16-17H2,1-3H3. The molecule has 1 aliphatic carbocycles. The normalized spacial score (nSPS) is 14.3. The molecule has 5 rings (SSSR count). The number of carbonyl (C=O) groups excluding carboxylic acids is 1. The fourth-order valence-corrected chi connectivity index (χ4v) is 4.42. The Bertz CT molecular complexity index is 1430. The average Bonchev–Trinajstić information content (AvgIpc) is 3.18. The van der Waals surface area contributed by atoms with Gasteiger partial charge in [-0.3, -0.25) is 9.78 Å². The maximum atomic E-state index is 12.9. The summed E-state index contributed by atoms with van der Waals surface area (Å²) in [5, 5.41) is 1.46. The highest BCUT2D eigenvalue weighted by atomic mass is 16.6. The van der Waals surface area contributed by atoms with Gasteiger partial charge in [-0.2, -0.15) is 0 Å². The minimum absolute atomic E-state index is 0.0858. The van der Waals surface area contributed by atoms with Gasteiger partial charge in [-0.15, -0.1) is 0 Å². The van der Waals surface area contributed by atoms with Crippen molar-refractivity contribution in [3.63, 3.8) is 0 Å². The van der Waals surface area contributed by atoms with Gasteiger partial charge in [-0.05, 0) is 68.7 Å². The number of carbonyl (C=O) groups is 1. The number of hydrogen-bond acceptors (Lipinski definition) is 5. The number of fused-ring (bicyclic) bond motifs is 2. The van der Waals surface area contributed by atoms with Crippen molar-refractivity contribution in [1.82, 2.24) is 23.8 Å². The van der Waals surface area contributed by atoms with E-state index in [4.69, 9.17) is 4.74 Å². The van der Waals surface area contributed by atoms with Crippen LogP contribution in [-0.2, 0) is 17.8 Å². The molecule has 1 aliphatic rings. The van der Waals surface area contributed by atoms with Crippen molar-refractivity contribution in [2.45, 2.75) is 58.7 Å². The maximum absolute atomic E-state index is 12.9. The summed E-state index contributed by atoms with van der Waals surface area (Å²) in [6, 6.07) is 7.69. The molecular weight excluding hydrogens is 442 g/mol. The van der Waals surface area contributed by atoms with Crippen LogP contribution in [0, 0.1) is 5.92 Å². The second kappa shape index (κ2) is 9.17. The zero-order valence-electron chi connectivity index (χ0n) is 20.5. The smallest absolute Gasteiger partial charge is 0.410 e. The van der Waals surface area contributed by atoms with Crippen LogP contribution in [0.25, 0.3) is 16.4 Å². The molecule has 1 fully saturated rings. The second-order valence-corrected chi connectivity index (χ2v) is 10.4. The van der Waals surface area contributed by atoms with E-state index in [0.29, 0.717) is 30.9 Å². The molecule has 0 spiro atoms. The molecule has 0 atom stereocenters. The molecule has 0 bridgehead atoms. The first kappa shape index (κ1) is 23.1. The van der Waals surface area contributed by atoms with Gasteiger partial charge >= 0.3 is 6.09 Å². The van der Waals surface area contributed by atoms with Crippen molar-refractivity contribution in [3.8, 4) is 0 Å². The SMILES string of the molecule is CC(C)(C)OC(=O)N(Cc1ccc2nc(Cn3ccc4ccncc4c3=O)cn2c1)CC1CCC1. The lowest BCUT2D eigenvalue weighted by Gasteiger charge is -2.33. The van der Waals surface area contributed by atoms with Crippen LogP contribution in [0.4, 0.5) is 4.79 Å². The van der Waals surface area contributed by atoms with Crippen LogP contribution in [0.3, 0.4) is 0 Å². The Labute approximate surface area is 204 Å². The lowest BCUT2D eigenvalue weighted by atomic mass is 9.85. The summed E-state index contributed by atoms with van der Waals surface area (Å²) in [5.41, 5.74) is 1.96. The van der Waals surface area contributed by atoms with Gasteiger partial charge in [-0.1, -0.05) is 12.5 Å². The largest absolute Gasteiger partial charge is 0.444 e. The zero-order valence-corrected chi connectivity index (χ0v) is 20.5. The van der Waals surface area contributed by atoms with Crippen LogP contribution < -0.4 is 5.56 Å². The van der Waals surface area contributed by atoms with Crippen molar-refractivity contribution in [2.24, 2.45) is 5.92 Å². The minimum atomic E-state index is -0.533. The first-order valence-corrected chi connectivity index (χ1v) is 12.1. The Kier molecular flexibility index (Phi) is 6.05. The molecule has 0 aromatic carbocycles. The predicted molar refractivity (Wildman–Crippen MR) is 134 cm³/mol. The number of pyridine rings is 3. The molecule has 182 valence electrons. The van der Waals surface area contributed by atoms with E-state index >= 15 is 0 Å². The van der Waals surface area contributed by atoms with Crippen molar-refractivity contribution < 1.29 is 9.53 Å². The summed E-state index contributed by atoms with van der Waals surface area (Å²) < 4.78 is 9.27. The third kappa shape index (κ3) is 5.21. The Morgan fingerprint density at radius 3 is 2.74 bits per heavy atom. The summed E-state index contributed by atoms with van der Waals surface area (Å²) >= 11 is 0. The van der Waals surface area contributed by atoms with Crippen LogP contribution in [0.15, 0.2) is 60.0 Å². The van der Waals surface area contributed by atoms with E-state index in [0.717, 1.165) is 35.1 Å². The lowest BCUT2D eigenvalue weighted by molar-refractivity contribution is 0.0173. The maximum Gasteiger partial charge on any atom is 0.410 e. The summed E-state index contributed by atoms with van der Waals surface area (Å²) in [4.78, 5) is 36.3. The number of imidazole rings is 1. The Hall–Kier alpha value is -3.68. The highest BCUT2D eigenvalue weighted by Crippen LogP contribution is 2.28. The highest BCUT2D eigenvalue weighted by molar-refractivity contribution is 5.80. The average molecular weight is 474 g/mol. The summed E-state index contributed by atoms with van der Waals surface area (Å²) in [6.07, 6.45) is 12.3. The van der Waals surface area contributed by atoms with Crippen molar-refractivity contribution in [3.05, 3.63) is 76.9 Å². The van der Waals surface area contributed by atoms with Crippen LogP contribution in [0.5, 0.6) is 0 Å². The van der Waals surface area contributed by atoms with Gasteiger partial charge in [0.2, 0.25) is 0 Å². The molecule has 1 amide bonds. The first-order chi connectivity index (χ1) is 16.7. The van der Waals surface area contributed by atoms with Gasteiger partial charge < -0.3 is 18.6 Å². The van der Waals surface area contributed by atoms with E-state index in [9.17, 15) is 9.59 Å². The van der Waals surface area contributed by atoms with E-state index in [1.165, 1.54) is 6.42 Å². The van der Waals surface area contributed by atoms with Crippen molar-refractivity contribution in [1.29, 1.82) is 0 Å². The third-order valence-corrected chi connectivity index (χ3v) is 6.40. The first-order valence-electron chi connectivity index (χ1n) is 12.1. The van der Waals surface area contributed by atoms with Gasteiger partial charge in [0.25, 0.3) is 5.56 Å². The highest BCUT2D eigenvalue weighted by Gasteiger charge is 2.27. The van der Waals surface area contributed by atoms with Crippen LogP contribution in [0.1, 0.15) is 51.3 Å². The summed E-state index contributed by atoms with van der Waals surface area (Å²) in [6.45, 7) is 7.23. The number of aromatic nitrogens is 4. The van der Waals surface area contributed by atoms with Crippen LogP contribution in [-0.4, -0.2) is 42.1 Å². The molecule has 35 heavy (non-hydrogen) atoms. The van der Waals surface area contributed by atoms with E-state index in [1.54, 1.807) is 23.2 Å². The van der Waals surface area contributed by atoms with Crippen molar-refractivity contribution >= 4 is 22.5 Å². The number of rotatable bonds is 6. The van der Waals surface area contributed by atoms with Gasteiger partial charge in [-0.25, -0.2) is 9.78 Å². The second-order valence-electron chi connectivity index (χ2n) is 10.4. The molecule has 0 aliphatic heterocycles. The van der Waals surface area contributed by atoms with E-state index in [2.05, 4.69) is 9.97 Å². The molecule has 0 N–H and O–H groups in total. The van der Waals surface area contributed by atoms with Gasteiger partial charge in [0.05, 0.1) is 24.2 Å². The van der Waals surface area contributed by atoms with Crippen molar-refractivity contribution in [2.75, 3.05) is 6.54 Å². The molecule has 0 radical (unpaired) electrons. The molecule has 4 aromatic heterocycles. The summed E-state index contributed by atoms with van der Waals surface area (Å²) in [7, 11) is 0. The van der Waals surface area contributed by atoms with E-state index < -0.39 is 5.60 Å². The number of ether oxygens (including phenoxy) is 1. The van der Waals surface area contributed by atoms with E-state index in [-0.39, 0.29) is 11.7 Å². The molecule has 4 aromatic rings.